The zero-order valence-electron chi connectivity index (χ0n) is 10.6. The molecule has 0 aromatic heterocycles. The number of halogens is 3. The van der Waals surface area contributed by atoms with Gasteiger partial charge in [-0.2, -0.15) is 0 Å². The molecule has 0 spiro atoms. The van der Waals surface area contributed by atoms with Crippen molar-refractivity contribution in [2.75, 3.05) is 13.7 Å². The van der Waals surface area contributed by atoms with E-state index in [-0.39, 0.29) is 6.42 Å². The van der Waals surface area contributed by atoms with Crippen LogP contribution in [0.4, 0.5) is 8.78 Å². The van der Waals surface area contributed by atoms with Crippen LogP contribution in [0.15, 0.2) is 22.7 Å². The van der Waals surface area contributed by atoms with Crippen LogP contribution in [0, 0.1) is 0 Å². The van der Waals surface area contributed by atoms with E-state index < -0.39 is 12.5 Å². The average Bonchev–Trinajstić information content (AvgIpc) is 2.34. The van der Waals surface area contributed by atoms with E-state index in [1.807, 2.05) is 19.1 Å². The van der Waals surface area contributed by atoms with Gasteiger partial charge in [-0.25, -0.2) is 8.78 Å². The molecule has 0 aliphatic rings. The summed E-state index contributed by atoms with van der Waals surface area (Å²) in [6, 6.07) is 4.59. The summed E-state index contributed by atoms with van der Waals surface area (Å²) in [6.45, 7) is 2.54. The number of rotatable bonds is 7. The van der Waals surface area contributed by atoms with Crippen LogP contribution in [-0.4, -0.2) is 26.1 Å². The van der Waals surface area contributed by atoms with Crippen molar-refractivity contribution >= 4 is 15.9 Å². The molecule has 102 valence electrons. The van der Waals surface area contributed by atoms with Gasteiger partial charge in [0.2, 0.25) is 0 Å². The van der Waals surface area contributed by atoms with Gasteiger partial charge in [-0.05, 0) is 43.1 Å². The molecule has 0 saturated carbocycles. The summed E-state index contributed by atoms with van der Waals surface area (Å²) in [6.07, 6.45) is -1.31. The maximum absolute atomic E-state index is 12.9. The van der Waals surface area contributed by atoms with Crippen molar-refractivity contribution in [3.05, 3.63) is 28.2 Å². The predicted molar refractivity (Wildman–Crippen MR) is 72.5 cm³/mol. The van der Waals surface area contributed by atoms with Crippen LogP contribution in [0.3, 0.4) is 0 Å². The van der Waals surface area contributed by atoms with Crippen LogP contribution in [0.25, 0.3) is 0 Å². The normalized spacial score (nSPS) is 12.8. The fraction of sp³-hybridized carbons (Fsp3) is 0.538. The number of methoxy groups -OCH3 is 1. The van der Waals surface area contributed by atoms with E-state index >= 15 is 0 Å². The van der Waals surface area contributed by atoms with Gasteiger partial charge in [0.1, 0.15) is 5.75 Å². The summed E-state index contributed by atoms with van der Waals surface area (Å²) in [5.41, 5.74) is 0.778. The number of hydrogen-bond acceptors (Lipinski definition) is 2. The Kier molecular flexibility index (Phi) is 6.57. The molecule has 0 aliphatic carbocycles. The zero-order chi connectivity index (χ0) is 13.5. The van der Waals surface area contributed by atoms with Crippen LogP contribution in [0.1, 0.15) is 18.9 Å². The molecule has 0 heterocycles. The lowest BCUT2D eigenvalue weighted by Gasteiger charge is -2.19. The number of alkyl halides is 2. The van der Waals surface area contributed by atoms with E-state index in [9.17, 15) is 8.78 Å². The molecule has 0 aliphatic heterocycles. The Morgan fingerprint density at radius 3 is 2.67 bits per heavy atom. The number of hydrogen-bond donors (Lipinski definition) is 1. The topological polar surface area (TPSA) is 21.3 Å². The van der Waals surface area contributed by atoms with Crippen molar-refractivity contribution in [2.45, 2.75) is 32.2 Å². The molecule has 2 nitrogen and oxygen atoms in total. The van der Waals surface area contributed by atoms with Crippen molar-refractivity contribution < 1.29 is 13.5 Å². The van der Waals surface area contributed by atoms with E-state index in [0.29, 0.717) is 12.3 Å². The molecule has 0 saturated heterocycles. The van der Waals surface area contributed by atoms with Gasteiger partial charge in [-0.15, -0.1) is 0 Å². The van der Waals surface area contributed by atoms with Gasteiger partial charge < -0.3 is 10.1 Å². The Labute approximate surface area is 115 Å². The van der Waals surface area contributed by atoms with Gasteiger partial charge in [-0.3, -0.25) is 0 Å². The molecule has 1 N–H and O–H groups in total. The fourth-order valence-electron chi connectivity index (χ4n) is 1.72. The van der Waals surface area contributed by atoms with E-state index in [4.69, 9.17) is 4.74 Å². The molecule has 1 aromatic rings. The van der Waals surface area contributed by atoms with Crippen molar-refractivity contribution in [3.8, 4) is 5.75 Å². The van der Waals surface area contributed by atoms with Gasteiger partial charge in [0, 0.05) is 4.47 Å². The summed E-state index contributed by atoms with van der Waals surface area (Å²) in [4.78, 5) is 0. The third kappa shape index (κ3) is 4.53. The van der Waals surface area contributed by atoms with Crippen LogP contribution in [0.5, 0.6) is 5.75 Å². The Hall–Kier alpha value is -0.680. The Morgan fingerprint density at radius 2 is 2.11 bits per heavy atom. The average molecular weight is 322 g/mol. The lowest BCUT2D eigenvalue weighted by molar-refractivity contribution is 0.0980. The molecule has 18 heavy (non-hydrogen) atoms. The largest absolute Gasteiger partial charge is 0.496 e. The monoisotopic (exact) mass is 321 g/mol. The highest BCUT2D eigenvalue weighted by Crippen LogP contribution is 2.25. The summed E-state index contributed by atoms with van der Waals surface area (Å²) in [5, 5.41) is 2.87. The number of ether oxygens (including phenoxy) is 1. The quantitative estimate of drug-likeness (QED) is 0.828. The number of benzene rings is 1. The molecule has 5 heteroatoms. The fourth-order valence-corrected chi connectivity index (χ4v) is 2.13. The molecule has 1 aromatic carbocycles. The minimum absolute atomic E-state index is 0.250. The highest BCUT2D eigenvalue weighted by atomic mass is 79.9. The smallest absolute Gasteiger partial charge is 0.254 e. The second kappa shape index (κ2) is 7.69. The third-order valence-electron chi connectivity index (χ3n) is 2.64. The second-order valence-electron chi connectivity index (χ2n) is 4.06. The zero-order valence-corrected chi connectivity index (χ0v) is 12.1. The molecule has 1 atom stereocenters. The lowest BCUT2D eigenvalue weighted by atomic mass is 10.0. The molecule has 0 amide bonds. The SMILES string of the molecule is CCCNC(Cc1cc(Br)ccc1OC)C(F)F. The first-order valence-corrected chi connectivity index (χ1v) is 6.71. The van der Waals surface area contributed by atoms with Gasteiger partial charge in [0.05, 0.1) is 13.2 Å². The minimum Gasteiger partial charge on any atom is -0.496 e. The molecular weight excluding hydrogens is 304 g/mol. The second-order valence-corrected chi connectivity index (χ2v) is 4.97. The first kappa shape index (κ1) is 15.4. The van der Waals surface area contributed by atoms with Gasteiger partial charge >= 0.3 is 0 Å². The van der Waals surface area contributed by atoms with Crippen molar-refractivity contribution in [2.24, 2.45) is 0 Å². The van der Waals surface area contributed by atoms with Gasteiger partial charge in [0.15, 0.2) is 0 Å². The lowest BCUT2D eigenvalue weighted by Crippen LogP contribution is -2.38. The Bertz CT molecular complexity index is 374. The maximum Gasteiger partial charge on any atom is 0.254 e. The first-order valence-electron chi connectivity index (χ1n) is 5.92. The molecule has 0 radical (unpaired) electrons. The van der Waals surface area contributed by atoms with Gasteiger partial charge in [-0.1, -0.05) is 22.9 Å². The molecule has 0 bridgehead atoms. The van der Waals surface area contributed by atoms with E-state index in [1.54, 1.807) is 13.2 Å². The standard InChI is InChI=1S/C13H18BrF2NO/c1-3-6-17-11(13(15)16)8-9-7-10(14)4-5-12(9)18-2/h4-5,7,11,13,17H,3,6,8H2,1-2H3. The van der Waals surface area contributed by atoms with Crippen LogP contribution < -0.4 is 10.1 Å². The van der Waals surface area contributed by atoms with Crippen LogP contribution in [-0.2, 0) is 6.42 Å². The third-order valence-corrected chi connectivity index (χ3v) is 3.14. The summed E-state index contributed by atoms with van der Waals surface area (Å²) >= 11 is 3.34. The molecular formula is C13H18BrF2NO. The van der Waals surface area contributed by atoms with Crippen molar-refractivity contribution in [1.82, 2.24) is 5.32 Å². The van der Waals surface area contributed by atoms with Gasteiger partial charge in [0.25, 0.3) is 6.43 Å². The summed E-state index contributed by atoms with van der Waals surface area (Å²) < 4.78 is 31.9. The molecule has 1 unspecified atom stereocenters. The van der Waals surface area contributed by atoms with Crippen LogP contribution >= 0.6 is 15.9 Å². The molecule has 0 fully saturated rings. The number of nitrogens with one attached hydrogen (secondary N) is 1. The van der Waals surface area contributed by atoms with E-state index in [2.05, 4.69) is 21.2 Å². The van der Waals surface area contributed by atoms with E-state index in [1.165, 1.54) is 0 Å². The molecule has 1 rings (SSSR count). The Balaban J connectivity index is 2.81. The maximum atomic E-state index is 12.9. The van der Waals surface area contributed by atoms with Crippen molar-refractivity contribution in [3.63, 3.8) is 0 Å². The first-order chi connectivity index (χ1) is 8.58. The van der Waals surface area contributed by atoms with E-state index in [0.717, 1.165) is 16.5 Å². The van der Waals surface area contributed by atoms with Crippen LogP contribution in [0.2, 0.25) is 0 Å². The highest BCUT2D eigenvalue weighted by molar-refractivity contribution is 9.10. The van der Waals surface area contributed by atoms with Crippen molar-refractivity contribution in [1.29, 1.82) is 0 Å². The minimum atomic E-state index is -2.39. The highest BCUT2D eigenvalue weighted by Gasteiger charge is 2.21. The Morgan fingerprint density at radius 1 is 1.39 bits per heavy atom. The summed E-state index contributed by atoms with van der Waals surface area (Å²) in [7, 11) is 1.55. The predicted octanol–water partition coefficient (Wildman–Crippen LogP) is 3.63. The summed E-state index contributed by atoms with van der Waals surface area (Å²) in [5.74, 6) is 0.641.